The van der Waals surface area contributed by atoms with Crippen molar-refractivity contribution in [3.8, 4) is 11.3 Å². The number of urea groups is 1. The lowest BCUT2D eigenvalue weighted by molar-refractivity contribution is 0.262. The minimum atomic E-state index is -0.396. The second-order valence-electron chi connectivity index (χ2n) is 7.39. The van der Waals surface area contributed by atoms with Gasteiger partial charge in [-0.2, -0.15) is 0 Å². The van der Waals surface area contributed by atoms with Gasteiger partial charge >= 0.3 is 6.03 Å². The maximum Gasteiger partial charge on any atom is 0.323 e. The molecule has 2 aromatic carbocycles. The summed E-state index contributed by atoms with van der Waals surface area (Å²) in [5.41, 5.74) is 2.74. The van der Waals surface area contributed by atoms with Gasteiger partial charge in [-0.15, -0.1) is 10.2 Å². The van der Waals surface area contributed by atoms with Gasteiger partial charge < -0.3 is 20.4 Å². The van der Waals surface area contributed by atoms with Crippen LogP contribution < -0.4 is 15.5 Å². The number of nitrogens with zero attached hydrogens (tertiary/aromatic N) is 4. The Balaban J connectivity index is 1.42. The second kappa shape index (κ2) is 9.51. The summed E-state index contributed by atoms with van der Waals surface area (Å²) in [5, 5.41) is 15.2. The Labute approximate surface area is 191 Å². The van der Waals surface area contributed by atoms with Crippen LogP contribution in [0.15, 0.2) is 54.6 Å². The number of anilines is 3. The first-order chi connectivity index (χ1) is 15.0. The molecule has 1 aliphatic rings. The molecule has 3 aromatic rings. The molecule has 1 aromatic heterocycles. The molecule has 0 radical (unpaired) electrons. The van der Waals surface area contributed by atoms with E-state index in [4.69, 9.17) is 23.2 Å². The van der Waals surface area contributed by atoms with Crippen molar-refractivity contribution < 1.29 is 4.79 Å². The third kappa shape index (κ3) is 5.64. The van der Waals surface area contributed by atoms with Gasteiger partial charge in [0.15, 0.2) is 5.82 Å². The lowest BCUT2D eigenvalue weighted by atomic mass is 10.1. The van der Waals surface area contributed by atoms with Crippen LogP contribution in [0.1, 0.15) is 0 Å². The second-order valence-corrected chi connectivity index (χ2v) is 8.26. The van der Waals surface area contributed by atoms with E-state index < -0.39 is 6.03 Å². The zero-order valence-electron chi connectivity index (χ0n) is 17.0. The third-order valence-electron chi connectivity index (χ3n) is 5.01. The molecule has 0 atom stereocenters. The van der Waals surface area contributed by atoms with Gasteiger partial charge in [0.05, 0.1) is 5.69 Å². The molecule has 0 saturated carbocycles. The Morgan fingerprint density at radius 1 is 0.871 bits per heavy atom. The molecule has 1 aliphatic heterocycles. The number of carbonyl (C=O) groups is 1. The maximum absolute atomic E-state index is 12.3. The van der Waals surface area contributed by atoms with Crippen LogP contribution in [0.25, 0.3) is 11.3 Å². The van der Waals surface area contributed by atoms with E-state index >= 15 is 0 Å². The Kier molecular flexibility index (Phi) is 6.56. The van der Waals surface area contributed by atoms with Gasteiger partial charge in [0.2, 0.25) is 0 Å². The lowest BCUT2D eigenvalue weighted by Gasteiger charge is -2.32. The minimum Gasteiger partial charge on any atom is -0.353 e. The minimum absolute atomic E-state index is 0.396. The van der Waals surface area contributed by atoms with Crippen molar-refractivity contribution in [1.29, 1.82) is 0 Å². The SMILES string of the molecule is CN1CCN(c2ccc(-c3cccc(NC(=O)Nc4cc(Cl)cc(Cl)c4)c3)nn2)CC1. The molecule has 160 valence electrons. The molecular formula is C22H22Cl2N6O. The molecule has 1 saturated heterocycles. The number of benzene rings is 2. The van der Waals surface area contributed by atoms with Gasteiger partial charge in [0, 0.05) is 53.2 Å². The van der Waals surface area contributed by atoms with Crippen LogP contribution in [0.4, 0.5) is 22.0 Å². The molecule has 0 spiro atoms. The van der Waals surface area contributed by atoms with Gasteiger partial charge in [-0.1, -0.05) is 35.3 Å². The molecule has 0 unspecified atom stereocenters. The van der Waals surface area contributed by atoms with Crippen molar-refractivity contribution in [3.05, 3.63) is 64.6 Å². The molecular weight excluding hydrogens is 435 g/mol. The fourth-order valence-electron chi connectivity index (χ4n) is 3.36. The molecule has 9 heteroatoms. The maximum atomic E-state index is 12.3. The first-order valence-corrected chi connectivity index (χ1v) is 10.6. The Bertz CT molecular complexity index is 1050. The van der Waals surface area contributed by atoms with Crippen LogP contribution in [0.5, 0.6) is 0 Å². The monoisotopic (exact) mass is 456 g/mol. The lowest BCUT2D eigenvalue weighted by Crippen LogP contribution is -2.44. The first-order valence-electron chi connectivity index (χ1n) is 9.88. The van der Waals surface area contributed by atoms with E-state index in [1.54, 1.807) is 24.3 Å². The highest BCUT2D eigenvalue weighted by Crippen LogP contribution is 2.24. The van der Waals surface area contributed by atoms with Crippen molar-refractivity contribution in [3.63, 3.8) is 0 Å². The number of carbonyl (C=O) groups excluding carboxylic acids is 1. The summed E-state index contributed by atoms with van der Waals surface area (Å²) in [6, 6.07) is 15.8. The molecule has 0 aliphatic carbocycles. The standard InChI is InChI=1S/C22H22Cl2N6O/c1-29-7-9-30(10-8-29)21-6-5-20(27-28-21)15-3-2-4-18(11-15)25-22(31)26-19-13-16(23)12-17(24)14-19/h2-6,11-14H,7-10H2,1H3,(H2,25,26,31). The molecule has 31 heavy (non-hydrogen) atoms. The summed E-state index contributed by atoms with van der Waals surface area (Å²) >= 11 is 12.0. The fraction of sp³-hybridized carbons (Fsp3) is 0.227. The number of hydrogen-bond acceptors (Lipinski definition) is 5. The third-order valence-corrected chi connectivity index (χ3v) is 5.45. The van der Waals surface area contributed by atoms with Gasteiger partial charge in [-0.05, 0) is 49.5 Å². The summed E-state index contributed by atoms with van der Waals surface area (Å²) in [4.78, 5) is 16.9. The average Bonchev–Trinajstić information content (AvgIpc) is 2.74. The fourth-order valence-corrected chi connectivity index (χ4v) is 3.89. The summed E-state index contributed by atoms with van der Waals surface area (Å²) < 4.78 is 0. The van der Waals surface area contributed by atoms with Crippen molar-refractivity contribution in [1.82, 2.24) is 15.1 Å². The predicted molar refractivity (Wildman–Crippen MR) is 126 cm³/mol. The molecule has 0 bridgehead atoms. The largest absolute Gasteiger partial charge is 0.353 e. The molecule has 4 rings (SSSR count). The van der Waals surface area contributed by atoms with Gasteiger partial charge in [-0.3, -0.25) is 0 Å². The zero-order valence-corrected chi connectivity index (χ0v) is 18.5. The summed E-state index contributed by atoms with van der Waals surface area (Å²) in [6.45, 7) is 3.91. The topological polar surface area (TPSA) is 73.4 Å². The highest BCUT2D eigenvalue weighted by atomic mass is 35.5. The smallest absolute Gasteiger partial charge is 0.323 e. The first kappa shape index (κ1) is 21.4. The zero-order chi connectivity index (χ0) is 21.8. The molecule has 2 amide bonds. The van der Waals surface area contributed by atoms with E-state index in [1.165, 1.54) is 0 Å². The van der Waals surface area contributed by atoms with Crippen molar-refractivity contribution in [2.45, 2.75) is 0 Å². The van der Waals surface area contributed by atoms with Gasteiger partial charge in [-0.25, -0.2) is 4.79 Å². The Morgan fingerprint density at radius 3 is 2.26 bits per heavy atom. The molecule has 7 nitrogen and oxygen atoms in total. The quantitative estimate of drug-likeness (QED) is 0.586. The number of amides is 2. The normalized spacial score (nSPS) is 14.4. The number of rotatable bonds is 4. The van der Waals surface area contributed by atoms with Crippen LogP contribution in [0, 0.1) is 0 Å². The van der Waals surface area contributed by atoms with Crippen LogP contribution >= 0.6 is 23.2 Å². The summed E-state index contributed by atoms with van der Waals surface area (Å²) in [5.74, 6) is 0.880. The van der Waals surface area contributed by atoms with E-state index in [0.29, 0.717) is 21.4 Å². The van der Waals surface area contributed by atoms with E-state index in [9.17, 15) is 4.79 Å². The van der Waals surface area contributed by atoms with Crippen LogP contribution in [-0.2, 0) is 0 Å². The van der Waals surface area contributed by atoms with E-state index in [-0.39, 0.29) is 0 Å². The van der Waals surface area contributed by atoms with E-state index in [2.05, 4.69) is 37.7 Å². The van der Waals surface area contributed by atoms with Crippen LogP contribution in [0.3, 0.4) is 0 Å². The number of piperazine rings is 1. The number of likely N-dealkylation sites (N-methyl/N-ethyl adjacent to an activating group) is 1. The van der Waals surface area contributed by atoms with Crippen molar-refractivity contribution in [2.24, 2.45) is 0 Å². The molecule has 2 heterocycles. The van der Waals surface area contributed by atoms with Crippen LogP contribution in [-0.4, -0.2) is 54.4 Å². The van der Waals surface area contributed by atoms with E-state index in [1.807, 2.05) is 30.3 Å². The molecule has 1 fully saturated rings. The highest BCUT2D eigenvalue weighted by molar-refractivity contribution is 6.35. The number of halogens is 2. The Hall–Kier alpha value is -2.87. The highest BCUT2D eigenvalue weighted by Gasteiger charge is 2.16. The number of nitrogens with one attached hydrogen (secondary N) is 2. The van der Waals surface area contributed by atoms with Crippen molar-refractivity contribution >= 4 is 46.4 Å². The van der Waals surface area contributed by atoms with Gasteiger partial charge in [0.1, 0.15) is 0 Å². The Morgan fingerprint density at radius 2 is 1.58 bits per heavy atom. The van der Waals surface area contributed by atoms with E-state index in [0.717, 1.165) is 43.3 Å². The predicted octanol–water partition coefficient (Wildman–Crippen LogP) is 4.85. The summed E-state index contributed by atoms with van der Waals surface area (Å²) in [6.07, 6.45) is 0. The number of aromatic nitrogens is 2. The molecule has 2 N–H and O–H groups in total. The average molecular weight is 457 g/mol. The number of hydrogen-bond donors (Lipinski definition) is 2. The van der Waals surface area contributed by atoms with Gasteiger partial charge in [0.25, 0.3) is 0 Å². The van der Waals surface area contributed by atoms with Crippen molar-refractivity contribution in [2.75, 3.05) is 48.8 Å². The summed E-state index contributed by atoms with van der Waals surface area (Å²) in [7, 11) is 2.12. The van der Waals surface area contributed by atoms with Crippen LogP contribution in [0.2, 0.25) is 10.0 Å².